The van der Waals surface area contributed by atoms with Gasteiger partial charge in [-0.3, -0.25) is 9.69 Å². The van der Waals surface area contributed by atoms with Crippen LogP contribution in [0.2, 0.25) is 0 Å². The molecule has 7 nitrogen and oxygen atoms in total. The van der Waals surface area contributed by atoms with Crippen LogP contribution in [-0.2, 0) is 26.2 Å². The summed E-state index contributed by atoms with van der Waals surface area (Å²) in [6.07, 6.45) is 3.45. The van der Waals surface area contributed by atoms with Crippen molar-refractivity contribution in [2.45, 2.75) is 51.2 Å². The number of nitriles is 1. The molecule has 0 radical (unpaired) electrons. The van der Waals surface area contributed by atoms with Crippen molar-refractivity contribution < 1.29 is 14.3 Å². The number of carbonyl (C=O) groups is 1. The third-order valence-electron chi connectivity index (χ3n) is 8.33. The molecular weight excluding hydrogens is 404 g/mol. The molecule has 170 valence electrons. The summed E-state index contributed by atoms with van der Waals surface area (Å²) in [5.41, 5.74) is 7.55. The number of methoxy groups -OCH3 is 1. The third kappa shape index (κ3) is 2.85. The minimum absolute atomic E-state index is 0.0284. The van der Waals surface area contributed by atoms with Crippen LogP contribution in [0.4, 0.5) is 0 Å². The van der Waals surface area contributed by atoms with E-state index in [1.165, 1.54) is 0 Å². The Morgan fingerprint density at radius 2 is 2.03 bits per heavy atom. The van der Waals surface area contributed by atoms with Gasteiger partial charge in [0.05, 0.1) is 31.0 Å². The van der Waals surface area contributed by atoms with Crippen molar-refractivity contribution in [3.63, 3.8) is 0 Å². The molecule has 32 heavy (non-hydrogen) atoms. The predicted molar refractivity (Wildman–Crippen MR) is 120 cm³/mol. The fraction of sp³-hybridized carbons (Fsp3) is 0.640. The molecule has 0 bridgehead atoms. The van der Waals surface area contributed by atoms with Gasteiger partial charge in [-0.05, 0) is 60.8 Å². The van der Waals surface area contributed by atoms with Gasteiger partial charge in [0.1, 0.15) is 0 Å². The second-order valence-electron chi connectivity index (χ2n) is 10.3. The van der Waals surface area contributed by atoms with Crippen molar-refractivity contribution in [1.82, 2.24) is 4.90 Å². The van der Waals surface area contributed by atoms with E-state index in [-0.39, 0.29) is 29.3 Å². The molecule has 2 fully saturated rings. The van der Waals surface area contributed by atoms with Gasteiger partial charge in [-0.2, -0.15) is 5.26 Å². The molecule has 1 amide bonds. The molecule has 1 aromatic carbocycles. The molecule has 1 aromatic rings. The van der Waals surface area contributed by atoms with Crippen LogP contribution in [0.25, 0.3) is 0 Å². The molecule has 0 aromatic heterocycles. The highest BCUT2D eigenvalue weighted by atomic mass is 16.5. The van der Waals surface area contributed by atoms with Gasteiger partial charge in [-0.25, -0.2) is 4.99 Å². The molecule has 2 spiro atoms. The number of hydrogen-bond donors (Lipinski definition) is 1. The highest BCUT2D eigenvalue weighted by molar-refractivity contribution is 6.08. The molecule has 4 aliphatic rings. The van der Waals surface area contributed by atoms with Gasteiger partial charge in [0.15, 0.2) is 11.5 Å². The van der Waals surface area contributed by atoms with Gasteiger partial charge >= 0.3 is 0 Å². The summed E-state index contributed by atoms with van der Waals surface area (Å²) >= 11 is 0. The molecule has 7 heteroatoms. The maximum Gasteiger partial charge on any atom is 0.262 e. The second-order valence-corrected chi connectivity index (χ2v) is 10.3. The Morgan fingerprint density at radius 1 is 1.31 bits per heavy atom. The first-order valence-corrected chi connectivity index (χ1v) is 11.7. The molecule has 2 aliphatic heterocycles. The zero-order valence-electron chi connectivity index (χ0n) is 19.1. The number of ether oxygens (including phenoxy) is 2. The van der Waals surface area contributed by atoms with Gasteiger partial charge < -0.3 is 15.2 Å². The SMILES string of the molecule is COC1[C@H](C)CC2(Cc3ccc(C#N)cc3[C@]23N=C(N)N(CCC2COC2)C3=O)C[C@@H]1C. The van der Waals surface area contributed by atoms with Crippen molar-refractivity contribution in [3.8, 4) is 6.07 Å². The zero-order chi connectivity index (χ0) is 22.7. The second kappa shape index (κ2) is 7.57. The van der Waals surface area contributed by atoms with E-state index in [1.54, 1.807) is 12.0 Å². The van der Waals surface area contributed by atoms with Crippen LogP contribution in [0.15, 0.2) is 23.2 Å². The van der Waals surface area contributed by atoms with E-state index < -0.39 is 5.54 Å². The highest BCUT2D eigenvalue weighted by Crippen LogP contribution is 2.63. The van der Waals surface area contributed by atoms with E-state index in [4.69, 9.17) is 20.2 Å². The summed E-state index contributed by atoms with van der Waals surface area (Å²) in [4.78, 5) is 20.9. The van der Waals surface area contributed by atoms with Crippen LogP contribution in [-0.4, -0.2) is 49.7 Å². The average Bonchev–Trinajstić information content (AvgIpc) is 3.12. The van der Waals surface area contributed by atoms with Gasteiger partial charge in [0, 0.05) is 25.0 Å². The number of aliphatic imine (C=N–C) groups is 1. The fourth-order valence-corrected chi connectivity index (χ4v) is 7.01. The number of benzene rings is 1. The van der Waals surface area contributed by atoms with Crippen molar-refractivity contribution in [2.75, 3.05) is 26.9 Å². The molecule has 1 saturated heterocycles. The number of carbonyl (C=O) groups excluding carboxylic acids is 1. The number of guanidine groups is 1. The Hall–Kier alpha value is -2.43. The zero-order valence-corrected chi connectivity index (χ0v) is 19.1. The lowest BCUT2D eigenvalue weighted by atomic mass is 9.56. The molecule has 2 unspecified atom stereocenters. The van der Waals surface area contributed by atoms with Gasteiger partial charge in [-0.15, -0.1) is 0 Å². The van der Waals surface area contributed by atoms with E-state index >= 15 is 0 Å². The predicted octanol–water partition coefficient (Wildman–Crippen LogP) is 2.57. The quantitative estimate of drug-likeness (QED) is 0.782. The maximum absolute atomic E-state index is 14.2. The Labute approximate surface area is 189 Å². The van der Waals surface area contributed by atoms with Crippen LogP contribution in [0.3, 0.4) is 0 Å². The maximum atomic E-state index is 14.2. The van der Waals surface area contributed by atoms with Crippen LogP contribution in [0.1, 0.15) is 49.8 Å². The number of nitrogens with zero attached hydrogens (tertiary/aromatic N) is 3. The molecule has 1 saturated carbocycles. The smallest absolute Gasteiger partial charge is 0.262 e. The largest absolute Gasteiger partial charge is 0.381 e. The standard InChI is InChI=1S/C25H32N4O3/c1-15-9-24(10-16(2)21(15)31-3)11-19-5-4-17(12-26)8-20(19)25(24)22(30)29(23(27)28-25)7-6-18-13-32-14-18/h4-5,8,15-16,18,21H,6-7,9-11,13-14H2,1-3H3,(H2,27,28)/t15-,16+,21?,24?,25-/m1/s1. The average molecular weight is 437 g/mol. The minimum Gasteiger partial charge on any atom is -0.381 e. The first-order chi connectivity index (χ1) is 15.3. The molecule has 2 N–H and O–H groups in total. The lowest BCUT2D eigenvalue weighted by molar-refractivity contribution is -0.142. The summed E-state index contributed by atoms with van der Waals surface area (Å²) in [6, 6.07) is 7.97. The van der Waals surface area contributed by atoms with Crippen molar-refractivity contribution in [1.29, 1.82) is 5.26 Å². The van der Waals surface area contributed by atoms with E-state index in [0.29, 0.717) is 24.0 Å². The summed E-state index contributed by atoms with van der Waals surface area (Å²) < 4.78 is 11.1. The first kappa shape index (κ1) is 21.4. The third-order valence-corrected chi connectivity index (χ3v) is 8.33. The fourth-order valence-electron chi connectivity index (χ4n) is 7.01. The topological polar surface area (TPSA) is 101 Å². The van der Waals surface area contributed by atoms with Crippen LogP contribution in [0.5, 0.6) is 0 Å². The van der Waals surface area contributed by atoms with Crippen LogP contribution < -0.4 is 5.73 Å². The summed E-state index contributed by atoms with van der Waals surface area (Å²) in [7, 11) is 1.77. The van der Waals surface area contributed by atoms with Gasteiger partial charge in [0.25, 0.3) is 5.91 Å². The monoisotopic (exact) mass is 436 g/mol. The van der Waals surface area contributed by atoms with Crippen molar-refractivity contribution >= 4 is 11.9 Å². The van der Waals surface area contributed by atoms with Crippen LogP contribution >= 0.6 is 0 Å². The van der Waals surface area contributed by atoms with Crippen molar-refractivity contribution in [3.05, 3.63) is 34.9 Å². The minimum atomic E-state index is -1.06. The van der Waals surface area contributed by atoms with Crippen LogP contribution in [0, 0.1) is 34.5 Å². The van der Waals surface area contributed by atoms with E-state index in [9.17, 15) is 10.1 Å². The number of hydrogen-bond acceptors (Lipinski definition) is 6. The molecule has 5 atom stereocenters. The van der Waals surface area contributed by atoms with Gasteiger partial charge in [0.2, 0.25) is 0 Å². The van der Waals surface area contributed by atoms with E-state index in [1.807, 2.05) is 18.2 Å². The Bertz CT molecular complexity index is 999. The number of fused-ring (bicyclic) bond motifs is 3. The molecule has 2 heterocycles. The summed E-state index contributed by atoms with van der Waals surface area (Å²) in [6.45, 7) is 6.47. The number of rotatable bonds is 4. The normalized spacial score (nSPS) is 36.3. The lowest BCUT2D eigenvalue weighted by Crippen LogP contribution is -2.55. The molecule has 2 aliphatic carbocycles. The number of amides is 1. The molecule has 5 rings (SSSR count). The highest BCUT2D eigenvalue weighted by Gasteiger charge is 2.68. The van der Waals surface area contributed by atoms with Crippen molar-refractivity contribution in [2.24, 2.45) is 33.9 Å². The van der Waals surface area contributed by atoms with E-state index in [2.05, 4.69) is 19.9 Å². The Morgan fingerprint density at radius 3 is 2.62 bits per heavy atom. The Kier molecular flexibility index (Phi) is 5.06. The lowest BCUT2D eigenvalue weighted by Gasteiger charge is -2.50. The summed E-state index contributed by atoms with van der Waals surface area (Å²) in [5.74, 6) is 1.32. The Balaban J connectivity index is 1.60. The summed E-state index contributed by atoms with van der Waals surface area (Å²) in [5, 5.41) is 9.57. The van der Waals surface area contributed by atoms with E-state index in [0.717, 1.165) is 50.0 Å². The first-order valence-electron chi connectivity index (χ1n) is 11.7. The van der Waals surface area contributed by atoms with Gasteiger partial charge in [-0.1, -0.05) is 19.9 Å². The number of nitrogens with two attached hydrogens (primary N) is 1. The molecular formula is C25H32N4O3.